The maximum Gasteiger partial charge on any atom is 0.262 e. The highest BCUT2D eigenvalue weighted by molar-refractivity contribution is 7.18. The standard InChI is InChI=1S/C23H26FN3O3S/c24-16-7-9-17(10-8-16)30-14-4-3-12-25-20(28)11-13-27-15-26-22-21(23(27)29)18-5-1-2-6-19(18)31-22/h7-10,15H,1-6,11-14H2,(H,25,28). The van der Waals surface area contributed by atoms with Gasteiger partial charge in [0, 0.05) is 24.4 Å². The first-order valence-electron chi connectivity index (χ1n) is 10.8. The predicted molar refractivity (Wildman–Crippen MR) is 119 cm³/mol. The van der Waals surface area contributed by atoms with Crippen molar-refractivity contribution >= 4 is 27.5 Å². The van der Waals surface area contributed by atoms with E-state index in [-0.39, 0.29) is 23.7 Å². The van der Waals surface area contributed by atoms with Crippen LogP contribution in [0.3, 0.4) is 0 Å². The summed E-state index contributed by atoms with van der Waals surface area (Å²) < 4.78 is 19.9. The van der Waals surface area contributed by atoms with Crippen LogP contribution in [0.5, 0.6) is 5.75 Å². The van der Waals surface area contributed by atoms with E-state index >= 15 is 0 Å². The van der Waals surface area contributed by atoms with Gasteiger partial charge in [-0.05, 0) is 68.4 Å². The van der Waals surface area contributed by atoms with Crippen LogP contribution in [0.1, 0.15) is 42.5 Å². The number of amides is 1. The number of thiophene rings is 1. The number of aromatic nitrogens is 2. The Hall–Kier alpha value is -2.74. The number of hydrogen-bond donors (Lipinski definition) is 1. The van der Waals surface area contributed by atoms with E-state index in [1.807, 2.05) is 0 Å². The fraction of sp³-hybridized carbons (Fsp3) is 0.435. The lowest BCUT2D eigenvalue weighted by molar-refractivity contribution is -0.121. The molecule has 1 aromatic carbocycles. The van der Waals surface area contributed by atoms with E-state index in [2.05, 4.69) is 10.3 Å². The molecule has 0 unspecified atom stereocenters. The molecule has 0 radical (unpaired) electrons. The Morgan fingerprint density at radius 3 is 2.84 bits per heavy atom. The number of ether oxygens (including phenoxy) is 1. The van der Waals surface area contributed by atoms with Gasteiger partial charge in [0.25, 0.3) is 5.56 Å². The fourth-order valence-corrected chi connectivity index (χ4v) is 5.05. The monoisotopic (exact) mass is 443 g/mol. The molecule has 0 saturated carbocycles. The molecule has 164 valence electrons. The van der Waals surface area contributed by atoms with Crippen LogP contribution >= 0.6 is 11.3 Å². The molecule has 0 spiro atoms. The van der Waals surface area contributed by atoms with Crippen molar-refractivity contribution in [2.75, 3.05) is 13.2 Å². The van der Waals surface area contributed by atoms with Crippen molar-refractivity contribution in [1.82, 2.24) is 14.9 Å². The largest absolute Gasteiger partial charge is 0.494 e. The summed E-state index contributed by atoms with van der Waals surface area (Å²) in [7, 11) is 0. The summed E-state index contributed by atoms with van der Waals surface area (Å²) in [6.07, 6.45) is 7.63. The van der Waals surface area contributed by atoms with Crippen LogP contribution < -0.4 is 15.6 Å². The van der Waals surface area contributed by atoms with Gasteiger partial charge >= 0.3 is 0 Å². The third-order valence-electron chi connectivity index (χ3n) is 5.50. The molecule has 6 nitrogen and oxygen atoms in total. The zero-order valence-electron chi connectivity index (χ0n) is 17.4. The van der Waals surface area contributed by atoms with E-state index in [4.69, 9.17) is 4.74 Å². The molecular formula is C23H26FN3O3S. The van der Waals surface area contributed by atoms with E-state index in [0.29, 0.717) is 25.4 Å². The number of fused-ring (bicyclic) bond motifs is 3. The lowest BCUT2D eigenvalue weighted by Crippen LogP contribution is -2.28. The zero-order valence-corrected chi connectivity index (χ0v) is 18.2. The van der Waals surface area contributed by atoms with Crippen molar-refractivity contribution < 1.29 is 13.9 Å². The van der Waals surface area contributed by atoms with Crippen molar-refractivity contribution in [2.45, 2.75) is 51.5 Å². The molecule has 31 heavy (non-hydrogen) atoms. The van der Waals surface area contributed by atoms with Crippen LogP contribution in [0.15, 0.2) is 35.4 Å². The van der Waals surface area contributed by atoms with Gasteiger partial charge in [0.15, 0.2) is 0 Å². The number of hydrogen-bond acceptors (Lipinski definition) is 5. The number of nitrogens with one attached hydrogen (secondary N) is 1. The Bertz CT molecular complexity index is 1110. The molecule has 0 aliphatic heterocycles. The van der Waals surface area contributed by atoms with Crippen LogP contribution in [0, 0.1) is 5.82 Å². The van der Waals surface area contributed by atoms with Crippen LogP contribution in [0.4, 0.5) is 4.39 Å². The number of halogens is 1. The number of carbonyl (C=O) groups is 1. The number of nitrogens with zero attached hydrogens (tertiary/aromatic N) is 2. The second-order valence-electron chi connectivity index (χ2n) is 7.74. The Morgan fingerprint density at radius 1 is 1.19 bits per heavy atom. The lowest BCUT2D eigenvalue weighted by Gasteiger charge is -2.10. The normalized spacial score (nSPS) is 13.2. The first kappa shape index (κ1) is 21.5. The summed E-state index contributed by atoms with van der Waals surface area (Å²) in [6, 6.07) is 5.91. The molecule has 2 aromatic heterocycles. The predicted octanol–water partition coefficient (Wildman–Crippen LogP) is 3.84. The molecule has 1 aliphatic rings. The zero-order chi connectivity index (χ0) is 21.6. The maximum atomic E-state index is 12.9. The minimum absolute atomic E-state index is 0.0323. The molecule has 4 rings (SSSR count). The van der Waals surface area contributed by atoms with Gasteiger partial charge in [-0.1, -0.05) is 0 Å². The third-order valence-corrected chi connectivity index (χ3v) is 6.70. The number of aryl methyl sites for hydroxylation is 3. The first-order chi connectivity index (χ1) is 15.1. The maximum absolute atomic E-state index is 12.9. The topological polar surface area (TPSA) is 73.2 Å². The minimum atomic E-state index is -0.289. The molecular weight excluding hydrogens is 417 g/mol. The Labute approximate surface area is 184 Å². The summed E-state index contributed by atoms with van der Waals surface area (Å²) in [5, 5.41) is 3.64. The van der Waals surface area contributed by atoms with Crippen LogP contribution in [-0.4, -0.2) is 28.6 Å². The summed E-state index contributed by atoms with van der Waals surface area (Å²) in [5.74, 6) is 0.259. The van der Waals surface area contributed by atoms with Gasteiger partial charge in [0.2, 0.25) is 5.91 Å². The van der Waals surface area contributed by atoms with Crippen molar-refractivity contribution in [2.24, 2.45) is 0 Å². The van der Waals surface area contributed by atoms with Crippen molar-refractivity contribution in [3.8, 4) is 5.75 Å². The van der Waals surface area contributed by atoms with Crippen LogP contribution in [0.2, 0.25) is 0 Å². The summed E-state index contributed by atoms with van der Waals surface area (Å²) in [6.45, 7) is 1.38. The van der Waals surface area contributed by atoms with E-state index in [0.717, 1.165) is 42.3 Å². The Balaban J connectivity index is 1.20. The molecule has 0 atom stereocenters. The smallest absolute Gasteiger partial charge is 0.262 e. The van der Waals surface area contributed by atoms with Crippen molar-refractivity contribution in [1.29, 1.82) is 0 Å². The van der Waals surface area contributed by atoms with Crippen molar-refractivity contribution in [3.05, 3.63) is 57.2 Å². The van der Waals surface area contributed by atoms with Gasteiger partial charge in [-0.25, -0.2) is 9.37 Å². The molecule has 1 amide bonds. The van der Waals surface area contributed by atoms with E-state index in [1.54, 1.807) is 34.4 Å². The number of benzene rings is 1. The average molecular weight is 444 g/mol. The second-order valence-corrected chi connectivity index (χ2v) is 8.83. The highest BCUT2D eigenvalue weighted by Gasteiger charge is 2.20. The van der Waals surface area contributed by atoms with Gasteiger partial charge in [-0.15, -0.1) is 11.3 Å². The van der Waals surface area contributed by atoms with E-state index < -0.39 is 0 Å². The van der Waals surface area contributed by atoms with Gasteiger partial charge < -0.3 is 10.1 Å². The second kappa shape index (κ2) is 10.0. The first-order valence-corrected chi connectivity index (χ1v) is 11.6. The molecule has 0 saturated heterocycles. The average Bonchev–Trinajstić information content (AvgIpc) is 3.16. The highest BCUT2D eigenvalue weighted by Crippen LogP contribution is 2.33. The summed E-state index contributed by atoms with van der Waals surface area (Å²) in [4.78, 5) is 31.6. The van der Waals surface area contributed by atoms with Gasteiger partial charge in [-0.2, -0.15) is 0 Å². The highest BCUT2D eigenvalue weighted by atomic mass is 32.1. The van der Waals surface area contributed by atoms with Gasteiger partial charge in [0.1, 0.15) is 16.4 Å². The van der Waals surface area contributed by atoms with Crippen LogP contribution in [-0.2, 0) is 24.2 Å². The number of unbranched alkanes of at least 4 members (excludes halogenated alkanes) is 1. The molecule has 1 N–H and O–H groups in total. The SMILES string of the molecule is O=C(CCn1cnc2sc3c(c2c1=O)CCCC3)NCCCCOc1ccc(F)cc1. The fourth-order valence-electron chi connectivity index (χ4n) is 3.83. The molecule has 8 heteroatoms. The van der Waals surface area contributed by atoms with Crippen LogP contribution in [0.25, 0.3) is 10.2 Å². The van der Waals surface area contributed by atoms with Gasteiger partial charge in [0.05, 0.1) is 18.3 Å². The Kier molecular flexibility index (Phi) is 6.96. The number of rotatable bonds is 9. The quantitative estimate of drug-likeness (QED) is 0.510. The summed E-state index contributed by atoms with van der Waals surface area (Å²) in [5.41, 5.74) is 1.14. The molecule has 2 heterocycles. The molecule has 3 aromatic rings. The van der Waals surface area contributed by atoms with E-state index in [9.17, 15) is 14.0 Å². The molecule has 1 aliphatic carbocycles. The lowest BCUT2D eigenvalue weighted by atomic mass is 9.97. The number of carbonyl (C=O) groups excluding carboxylic acids is 1. The Morgan fingerprint density at radius 2 is 2.00 bits per heavy atom. The third kappa shape index (κ3) is 5.31. The molecule has 0 fully saturated rings. The van der Waals surface area contributed by atoms with E-state index in [1.165, 1.54) is 29.0 Å². The molecule has 0 bridgehead atoms. The minimum Gasteiger partial charge on any atom is -0.494 e. The van der Waals surface area contributed by atoms with Crippen molar-refractivity contribution in [3.63, 3.8) is 0 Å². The van der Waals surface area contributed by atoms with Gasteiger partial charge in [-0.3, -0.25) is 14.2 Å². The summed E-state index contributed by atoms with van der Waals surface area (Å²) >= 11 is 1.63.